The van der Waals surface area contributed by atoms with Crippen LogP contribution in [-0.4, -0.2) is 26.3 Å². The van der Waals surface area contributed by atoms with Gasteiger partial charge in [0.25, 0.3) is 0 Å². The van der Waals surface area contributed by atoms with E-state index in [2.05, 4.69) is 10.0 Å². The van der Waals surface area contributed by atoms with Crippen molar-refractivity contribution < 1.29 is 13.5 Å². The zero-order valence-electron chi connectivity index (χ0n) is 14.2. The molecule has 5 nitrogen and oxygen atoms in total. The summed E-state index contributed by atoms with van der Waals surface area (Å²) in [6, 6.07) is 16.7. The molecule has 130 valence electrons. The van der Waals surface area contributed by atoms with E-state index in [0.717, 1.165) is 17.4 Å². The average molecular weight is 348 g/mol. The van der Waals surface area contributed by atoms with Gasteiger partial charge in [0.05, 0.1) is 11.9 Å². The number of anilines is 1. The van der Waals surface area contributed by atoms with Gasteiger partial charge in [0.1, 0.15) is 0 Å². The number of aliphatic hydroxyl groups is 1. The van der Waals surface area contributed by atoms with Gasteiger partial charge in [0.2, 0.25) is 10.0 Å². The zero-order valence-corrected chi connectivity index (χ0v) is 15.0. The largest absolute Gasteiger partial charge is 0.384 e. The van der Waals surface area contributed by atoms with Crippen LogP contribution in [0.4, 0.5) is 5.69 Å². The number of sulfonamides is 1. The minimum Gasteiger partial charge on any atom is -0.384 e. The Morgan fingerprint density at radius 1 is 1.08 bits per heavy atom. The highest BCUT2D eigenvalue weighted by Crippen LogP contribution is 2.22. The zero-order chi connectivity index (χ0) is 17.8. The molecule has 0 saturated heterocycles. The molecular formula is C18H24N2O3S. The minimum atomic E-state index is -3.27. The predicted octanol–water partition coefficient (Wildman–Crippen LogP) is 2.62. The second kappa shape index (κ2) is 7.34. The Kier molecular flexibility index (Phi) is 5.64. The second-order valence-corrected chi connectivity index (χ2v) is 7.99. The molecule has 0 aliphatic heterocycles. The first-order valence-electron chi connectivity index (χ1n) is 7.76. The van der Waals surface area contributed by atoms with Crippen LogP contribution in [0.1, 0.15) is 31.0 Å². The topological polar surface area (TPSA) is 78.4 Å². The number of hydrogen-bond donors (Lipinski definition) is 3. The Labute approximate surface area is 143 Å². The summed E-state index contributed by atoms with van der Waals surface area (Å²) in [6.45, 7) is 4.18. The molecule has 2 aromatic rings. The molecule has 0 aliphatic carbocycles. The standard InChI is InChI=1S/C18H24N2O3S/c1-14(15-9-11-17(12-10-15)20-24(3,22)23)19-13-18(2,21)16-7-5-4-6-8-16/h4-12,14,19-21H,13H2,1-3H3/t14-,18+/m0/s1. The van der Waals surface area contributed by atoms with Gasteiger partial charge in [-0.05, 0) is 37.1 Å². The fourth-order valence-corrected chi connectivity index (χ4v) is 2.99. The van der Waals surface area contributed by atoms with Gasteiger partial charge in [-0.25, -0.2) is 8.42 Å². The van der Waals surface area contributed by atoms with Crippen LogP contribution in [0, 0.1) is 0 Å². The summed E-state index contributed by atoms with van der Waals surface area (Å²) < 4.78 is 24.9. The Bertz CT molecular complexity index is 757. The first-order valence-corrected chi connectivity index (χ1v) is 9.65. The lowest BCUT2D eigenvalue weighted by atomic mass is 9.95. The number of hydrogen-bond acceptors (Lipinski definition) is 4. The highest BCUT2D eigenvalue weighted by Gasteiger charge is 2.23. The van der Waals surface area contributed by atoms with Crippen LogP contribution in [-0.2, 0) is 15.6 Å². The highest BCUT2D eigenvalue weighted by molar-refractivity contribution is 7.92. The van der Waals surface area contributed by atoms with Crippen LogP contribution in [0.2, 0.25) is 0 Å². The van der Waals surface area contributed by atoms with E-state index in [0.29, 0.717) is 12.2 Å². The van der Waals surface area contributed by atoms with Gasteiger partial charge in [0.15, 0.2) is 0 Å². The molecule has 0 aliphatic rings. The molecule has 2 aromatic carbocycles. The molecule has 0 aromatic heterocycles. The van der Waals surface area contributed by atoms with Crippen LogP contribution in [0.3, 0.4) is 0 Å². The average Bonchev–Trinajstić information content (AvgIpc) is 2.53. The van der Waals surface area contributed by atoms with Gasteiger partial charge < -0.3 is 10.4 Å². The fraction of sp³-hybridized carbons (Fsp3) is 0.333. The van der Waals surface area contributed by atoms with E-state index < -0.39 is 15.6 Å². The predicted molar refractivity (Wildman–Crippen MR) is 97.3 cm³/mol. The van der Waals surface area contributed by atoms with Gasteiger partial charge >= 0.3 is 0 Å². The lowest BCUT2D eigenvalue weighted by Crippen LogP contribution is -2.36. The van der Waals surface area contributed by atoms with E-state index in [9.17, 15) is 13.5 Å². The number of rotatable bonds is 7. The molecule has 0 heterocycles. The molecule has 0 saturated carbocycles. The van der Waals surface area contributed by atoms with Crippen molar-refractivity contribution in [1.82, 2.24) is 5.32 Å². The molecule has 2 atom stereocenters. The lowest BCUT2D eigenvalue weighted by Gasteiger charge is -2.26. The molecule has 0 fully saturated rings. The maximum atomic E-state index is 11.2. The first-order chi connectivity index (χ1) is 11.2. The Morgan fingerprint density at radius 2 is 1.67 bits per heavy atom. The Hall–Kier alpha value is -1.89. The third-order valence-corrected chi connectivity index (χ3v) is 4.47. The highest BCUT2D eigenvalue weighted by atomic mass is 32.2. The van der Waals surface area contributed by atoms with Gasteiger partial charge in [0, 0.05) is 18.3 Å². The maximum absolute atomic E-state index is 11.2. The van der Waals surface area contributed by atoms with E-state index in [-0.39, 0.29) is 6.04 Å². The molecule has 0 radical (unpaired) electrons. The van der Waals surface area contributed by atoms with Crippen molar-refractivity contribution in [2.75, 3.05) is 17.5 Å². The Balaban J connectivity index is 1.98. The summed E-state index contributed by atoms with van der Waals surface area (Å²) in [7, 11) is -3.27. The molecule has 24 heavy (non-hydrogen) atoms. The molecule has 0 amide bonds. The molecular weight excluding hydrogens is 324 g/mol. The summed E-state index contributed by atoms with van der Waals surface area (Å²) in [5.41, 5.74) is 1.44. The third-order valence-electron chi connectivity index (χ3n) is 3.86. The van der Waals surface area contributed by atoms with Crippen molar-refractivity contribution >= 4 is 15.7 Å². The van der Waals surface area contributed by atoms with Crippen molar-refractivity contribution in [3.63, 3.8) is 0 Å². The first kappa shape index (κ1) is 18.4. The summed E-state index contributed by atoms with van der Waals surface area (Å²) in [6.07, 6.45) is 1.12. The van der Waals surface area contributed by atoms with Crippen LogP contribution in [0.15, 0.2) is 54.6 Å². The van der Waals surface area contributed by atoms with Gasteiger partial charge in [-0.15, -0.1) is 0 Å². The minimum absolute atomic E-state index is 0.0208. The van der Waals surface area contributed by atoms with Crippen LogP contribution >= 0.6 is 0 Å². The van der Waals surface area contributed by atoms with Crippen molar-refractivity contribution in [2.45, 2.75) is 25.5 Å². The lowest BCUT2D eigenvalue weighted by molar-refractivity contribution is 0.0543. The normalized spacial score (nSPS) is 15.5. The van der Waals surface area contributed by atoms with Crippen molar-refractivity contribution in [1.29, 1.82) is 0 Å². The smallest absolute Gasteiger partial charge is 0.229 e. The molecule has 2 rings (SSSR count). The fourth-order valence-electron chi connectivity index (χ4n) is 2.42. The molecule has 0 bridgehead atoms. The second-order valence-electron chi connectivity index (χ2n) is 6.24. The van der Waals surface area contributed by atoms with E-state index in [1.807, 2.05) is 49.4 Å². The SMILES string of the molecule is C[C@H](NC[C@@](C)(O)c1ccccc1)c1ccc(NS(C)(=O)=O)cc1. The van der Waals surface area contributed by atoms with Crippen molar-refractivity contribution in [3.8, 4) is 0 Å². The summed E-state index contributed by atoms with van der Waals surface area (Å²) in [5, 5.41) is 13.9. The van der Waals surface area contributed by atoms with E-state index >= 15 is 0 Å². The van der Waals surface area contributed by atoms with Crippen molar-refractivity contribution in [3.05, 3.63) is 65.7 Å². The van der Waals surface area contributed by atoms with Crippen LogP contribution in [0.5, 0.6) is 0 Å². The van der Waals surface area contributed by atoms with Crippen molar-refractivity contribution in [2.24, 2.45) is 0 Å². The molecule has 0 unspecified atom stereocenters. The van der Waals surface area contributed by atoms with Gasteiger partial charge in [-0.2, -0.15) is 0 Å². The van der Waals surface area contributed by atoms with Gasteiger partial charge in [-0.3, -0.25) is 4.72 Å². The summed E-state index contributed by atoms with van der Waals surface area (Å²) in [5.74, 6) is 0. The molecule has 3 N–H and O–H groups in total. The van der Waals surface area contributed by atoms with Crippen LogP contribution in [0.25, 0.3) is 0 Å². The number of benzene rings is 2. The van der Waals surface area contributed by atoms with Gasteiger partial charge in [-0.1, -0.05) is 42.5 Å². The van der Waals surface area contributed by atoms with E-state index in [4.69, 9.17) is 0 Å². The van der Waals surface area contributed by atoms with E-state index in [1.165, 1.54) is 0 Å². The monoisotopic (exact) mass is 348 g/mol. The summed E-state index contributed by atoms with van der Waals surface area (Å²) >= 11 is 0. The molecule has 6 heteroatoms. The number of nitrogens with one attached hydrogen (secondary N) is 2. The Morgan fingerprint density at radius 3 is 2.21 bits per heavy atom. The summed E-state index contributed by atoms with van der Waals surface area (Å²) in [4.78, 5) is 0. The van der Waals surface area contributed by atoms with E-state index in [1.54, 1.807) is 19.1 Å². The molecule has 0 spiro atoms. The quantitative estimate of drug-likeness (QED) is 0.719. The van der Waals surface area contributed by atoms with Crippen LogP contribution < -0.4 is 10.0 Å². The third kappa shape index (κ3) is 5.33. The maximum Gasteiger partial charge on any atom is 0.229 e.